The number of pyridine rings is 5. The van der Waals surface area contributed by atoms with E-state index in [0.717, 1.165) is 62.0 Å². The van der Waals surface area contributed by atoms with E-state index in [1.54, 1.807) is 0 Å². The monoisotopic (exact) mass is 2190 g/mol. The van der Waals surface area contributed by atoms with Gasteiger partial charge in [0.2, 0.25) is 0 Å². The van der Waals surface area contributed by atoms with Gasteiger partial charge in [0.1, 0.15) is 0 Å². The first-order chi connectivity index (χ1) is 46.6. The standard InChI is InChI=1S/5C18H14N.5Ir/c2*1-14-6-4-7-15(12-14)16-8-5-9-17(13-16)18-10-2-3-11-19-18;1-14-8-10-15(11-9-14)16-5-4-6-17(13-16)18-7-2-3-12-19-18;1-14-7-5-12-18(19-14)17-11-6-10-16(13-17)15-8-3-2-4-9-15;1-14-10-11-18(19-13-14)17-9-5-8-16(12-17)15-6-3-2-4-7-15;;;;;/h2*2-8,10-13H,1H3;2-5,7-13H,1H3;2-10,12-13H,1H3;2-8,10-13H,1H3;;;;;/q5*-1;;;;;. The molecule has 5 radical (unpaired) electrons. The van der Waals surface area contributed by atoms with E-state index < -0.39 is 0 Å². The molecule has 0 spiro atoms. The van der Waals surface area contributed by atoms with Crippen molar-refractivity contribution in [1.29, 1.82) is 0 Å². The average Bonchev–Trinajstić information content (AvgIpc) is 0.872. The van der Waals surface area contributed by atoms with Crippen molar-refractivity contribution in [2.75, 3.05) is 0 Å². The van der Waals surface area contributed by atoms with Crippen molar-refractivity contribution in [3.8, 4) is 112 Å². The zero-order valence-electron chi connectivity index (χ0n) is 55.7. The number of benzene rings is 10. The third-order valence-electron chi connectivity index (χ3n) is 15.5. The van der Waals surface area contributed by atoms with Crippen LogP contribution in [0.15, 0.2) is 334 Å². The Labute approximate surface area is 658 Å². The van der Waals surface area contributed by atoms with Gasteiger partial charge in [-0.05, 0) is 121 Å². The molecule has 0 unspecified atom stereocenters. The molecule has 5 nitrogen and oxygen atoms in total. The van der Waals surface area contributed by atoms with E-state index in [4.69, 9.17) is 0 Å². The Morgan fingerprint density at radius 2 is 0.510 bits per heavy atom. The molecule has 15 rings (SSSR count). The molecule has 100 heavy (non-hydrogen) atoms. The van der Waals surface area contributed by atoms with Crippen molar-refractivity contribution in [2.45, 2.75) is 34.6 Å². The van der Waals surface area contributed by atoms with Gasteiger partial charge in [0.25, 0.3) is 0 Å². The van der Waals surface area contributed by atoms with Crippen LogP contribution in [0.25, 0.3) is 112 Å². The van der Waals surface area contributed by atoms with E-state index >= 15 is 0 Å². The molecule has 0 aliphatic rings. The van der Waals surface area contributed by atoms with E-state index in [2.05, 4.69) is 264 Å². The van der Waals surface area contributed by atoms with Crippen LogP contribution >= 0.6 is 0 Å². The van der Waals surface area contributed by atoms with Gasteiger partial charge in [0.05, 0.1) is 0 Å². The second kappa shape index (κ2) is 41.7. The third-order valence-corrected chi connectivity index (χ3v) is 15.5. The predicted molar refractivity (Wildman–Crippen MR) is 393 cm³/mol. The Balaban J connectivity index is 0.000000194. The maximum Gasteiger partial charge on any atom is 0.0266 e. The number of aryl methyl sites for hydroxylation is 5. The van der Waals surface area contributed by atoms with E-state index in [1.807, 2.05) is 160 Å². The molecule has 0 aliphatic carbocycles. The summed E-state index contributed by atoms with van der Waals surface area (Å²) in [6, 6.07) is 121. The molecule has 0 saturated heterocycles. The minimum absolute atomic E-state index is 0. The molecule has 5 aromatic heterocycles. The normalized spacial score (nSPS) is 9.85. The Hall–Kier alpha value is -8.80. The summed E-state index contributed by atoms with van der Waals surface area (Å²) in [6.07, 6.45) is 7.31. The SMILES string of the molecule is Cc1ccc(-c2[c-]ccc(-c3ccccc3)c2)nc1.Cc1ccc(-c2cc[c-]c(-c3ccccn3)c2)cc1.Cc1cccc(-c2[c-]ccc(-c3ccccc3)c2)n1.Cc1cccc(-c2cc[c-]c(-c3ccccn3)c2)c1.Cc1cccc(-c2cc[c-]c(-c3ccccn3)c2)c1.[Ir].[Ir].[Ir].[Ir].[Ir]. The first-order valence-corrected chi connectivity index (χ1v) is 31.7. The van der Waals surface area contributed by atoms with Crippen molar-refractivity contribution in [1.82, 2.24) is 24.9 Å². The summed E-state index contributed by atoms with van der Waals surface area (Å²) in [5, 5.41) is 0. The molecule has 0 aliphatic heterocycles. The predicted octanol–water partition coefficient (Wildman–Crippen LogP) is 22.6. The Bertz CT molecular complexity index is 4450. The van der Waals surface area contributed by atoms with Crippen LogP contribution in [0.1, 0.15) is 27.9 Å². The molecular weight excluding hydrogens is 2110 g/mol. The molecule has 0 atom stereocenters. The molecule has 5 heterocycles. The van der Waals surface area contributed by atoms with E-state index in [9.17, 15) is 0 Å². The fraction of sp³-hybridized carbons (Fsp3) is 0.0556. The fourth-order valence-corrected chi connectivity index (χ4v) is 10.5. The summed E-state index contributed by atoms with van der Waals surface area (Å²) >= 11 is 0. The molecule has 0 bridgehead atoms. The number of nitrogens with zero attached hydrogens (tertiary/aromatic N) is 5. The van der Waals surface area contributed by atoms with Crippen LogP contribution < -0.4 is 0 Å². The number of aromatic nitrogens is 5. The first kappa shape index (κ1) is 80.2. The zero-order valence-corrected chi connectivity index (χ0v) is 67.6. The van der Waals surface area contributed by atoms with Crippen LogP contribution in [-0.2, 0) is 101 Å². The number of rotatable bonds is 10. The maximum atomic E-state index is 4.55. The van der Waals surface area contributed by atoms with E-state index in [1.165, 1.54) is 77.9 Å². The minimum atomic E-state index is 0. The van der Waals surface area contributed by atoms with Crippen molar-refractivity contribution < 1.29 is 101 Å². The quantitative estimate of drug-likeness (QED) is 0.128. The third kappa shape index (κ3) is 23.7. The summed E-state index contributed by atoms with van der Waals surface area (Å²) in [7, 11) is 0. The molecular formula is C90H70Ir5N5-5. The molecule has 0 saturated carbocycles. The second-order valence-corrected chi connectivity index (χ2v) is 22.8. The van der Waals surface area contributed by atoms with Crippen LogP contribution in [0.5, 0.6) is 0 Å². The van der Waals surface area contributed by atoms with Gasteiger partial charge in [-0.25, -0.2) is 0 Å². The molecule has 505 valence electrons. The average molecular weight is 2180 g/mol. The van der Waals surface area contributed by atoms with Gasteiger partial charge in [-0.1, -0.05) is 211 Å². The van der Waals surface area contributed by atoms with Crippen LogP contribution in [0.2, 0.25) is 0 Å². The minimum Gasteiger partial charge on any atom is -0.305 e. The fourth-order valence-electron chi connectivity index (χ4n) is 10.5. The number of hydrogen-bond acceptors (Lipinski definition) is 5. The van der Waals surface area contributed by atoms with Crippen molar-refractivity contribution in [2.24, 2.45) is 0 Å². The van der Waals surface area contributed by atoms with E-state index in [0.29, 0.717) is 0 Å². The Morgan fingerprint density at radius 1 is 0.210 bits per heavy atom. The molecule has 0 N–H and O–H groups in total. The van der Waals surface area contributed by atoms with Crippen LogP contribution in [0, 0.1) is 65.0 Å². The summed E-state index contributed by atoms with van der Waals surface area (Å²) in [4.78, 5) is 22.1. The molecule has 15 aromatic rings. The molecule has 10 heteroatoms. The summed E-state index contributed by atoms with van der Waals surface area (Å²) < 4.78 is 0. The smallest absolute Gasteiger partial charge is 0.0266 e. The Kier molecular flexibility index (Phi) is 33.4. The summed E-state index contributed by atoms with van der Waals surface area (Å²) in [5.74, 6) is 0. The number of hydrogen-bond donors (Lipinski definition) is 0. The van der Waals surface area contributed by atoms with Crippen LogP contribution in [0.4, 0.5) is 0 Å². The largest absolute Gasteiger partial charge is 0.305 e. The molecule has 0 amide bonds. The second-order valence-electron chi connectivity index (χ2n) is 22.8. The van der Waals surface area contributed by atoms with E-state index in [-0.39, 0.29) is 101 Å². The molecule has 0 fully saturated rings. The molecule has 10 aromatic carbocycles. The summed E-state index contributed by atoms with van der Waals surface area (Å²) in [6.45, 7) is 10.4. The maximum absolute atomic E-state index is 4.55. The zero-order chi connectivity index (χ0) is 65.4. The Morgan fingerprint density at radius 3 is 0.850 bits per heavy atom. The van der Waals surface area contributed by atoms with Crippen LogP contribution in [0.3, 0.4) is 0 Å². The van der Waals surface area contributed by atoms with Crippen molar-refractivity contribution in [3.63, 3.8) is 0 Å². The van der Waals surface area contributed by atoms with Gasteiger partial charge in [0, 0.05) is 131 Å². The summed E-state index contributed by atoms with van der Waals surface area (Å²) in [5.41, 5.74) is 28.0. The van der Waals surface area contributed by atoms with Gasteiger partial charge in [-0.15, -0.1) is 177 Å². The van der Waals surface area contributed by atoms with Crippen molar-refractivity contribution in [3.05, 3.63) is 392 Å². The topological polar surface area (TPSA) is 64.5 Å². The van der Waals surface area contributed by atoms with Gasteiger partial charge in [0.15, 0.2) is 0 Å². The van der Waals surface area contributed by atoms with Gasteiger partial charge < -0.3 is 24.9 Å². The van der Waals surface area contributed by atoms with Gasteiger partial charge in [-0.2, -0.15) is 0 Å². The van der Waals surface area contributed by atoms with Gasteiger partial charge >= 0.3 is 0 Å². The van der Waals surface area contributed by atoms with Crippen molar-refractivity contribution >= 4 is 0 Å². The first-order valence-electron chi connectivity index (χ1n) is 31.7. The van der Waals surface area contributed by atoms with Gasteiger partial charge in [-0.3, -0.25) is 0 Å². The van der Waals surface area contributed by atoms with Crippen LogP contribution in [-0.4, -0.2) is 24.9 Å².